The summed E-state index contributed by atoms with van der Waals surface area (Å²) in [6.45, 7) is 5.42. The number of hydrogen-bond donors (Lipinski definition) is 1. The van der Waals surface area contributed by atoms with Crippen molar-refractivity contribution in [2.45, 2.75) is 33.2 Å². The van der Waals surface area contributed by atoms with Crippen molar-refractivity contribution < 1.29 is 13.2 Å². The third-order valence-electron chi connectivity index (χ3n) is 4.15. The number of anilines is 2. The zero-order chi connectivity index (χ0) is 19.5. The van der Waals surface area contributed by atoms with Crippen LogP contribution in [0.3, 0.4) is 0 Å². The molecule has 1 atom stereocenters. The number of sulfonamides is 1. The number of amides is 1. The Labute approximate surface area is 160 Å². The number of halogens is 1. The summed E-state index contributed by atoms with van der Waals surface area (Å²) in [6, 6.07) is 11.4. The van der Waals surface area contributed by atoms with Crippen LogP contribution in [-0.2, 0) is 21.2 Å². The number of hydrogen-bond acceptors (Lipinski definition) is 3. The highest BCUT2D eigenvalue weighted by atomic mass is 35.5. The SMILES string of the molecule is CCc1ccc(N([C@@H](C)C(=O)Nc2cc(Cl)ccc2C)S(C)(=O)=O)cc1. The van der Waals surface area contributed by atoms with Gasteiger partial charge in [0.25, 0.3) is 0 Å². The average Bonchev–Trinajstić information content (AvgIpc) is 2.57. The first kappa shape index (κ1) is 20.3. The highest BCUT2D eigenvalue weighted by molar-refractivity contribution is 7.92. The summed E-state index contributed by atoms with van der Waals surface area (Å²) in [5.74, 6) is -0.430. The fraction of sp³-hybridized carbons (Fsp3) is 0.316. The first-order valence-electron chi connectivity index (χ1n) is 8.29. The van der Waals surface area contributed by atoms with Crippen LogP contribution in [0, 0.1) is 6.92 Å². The molecule has 140 valence electrons. The molecular weight excluding hydrogens is 372 g/mol. The summed E-state index contributed by atoms with van der Waals surface area (Å²) in [7, 11) is -3.65. The van der Waals surface area contributed by atoms with Gasteiger partial charge in [0.1, 0.15) is 6.04 Å². The monoisotopic (exact) mass is 394 g/mol. The maximum atomic E-state index is 12.7. The molecule has 0 aliphatic rings. The summed E-state index contributed by atoms with van der Waals surface area (Å²) in [6.07, 6.45) is 1.94. The molecule has 26 heavy (non-hydrogen) atoms. The topological polar surface area (TPSA) is 66.5 Å². The van der Waals surface area contributed by atoms with Crippen LogP contribution < -0.4 is 9.62 Å². The van der Waals surface area contributed by atoms with Gasteiger partial charge in [0.15, 0.2) is 0 Å². The molecule has 5 nitrogen and oxygen atoms in total. The molecule has 2 aromatic carbocycles. The second kappa shape index (κ2) is 8.10. The summed E-state index contributed by atoms with van der Waals surface area (Å²) in [5.41, 5.74) is 2.95. The standard InChI is InChI=1S/C19H23ClN2O3S/c1-5-15-7-10-17(11-8-15)22(26(4,24)25)14(3)19(23)21-18-12-16(20)9-6-13(18)2/h6-12,14H,5H2,1-4H3,(H,21,23)/t14-/m0/s1. The van der Waals surface area contributed by atoms with Crippen molar-refractivity contribution in [2.75, 3.05) is 15.9 Å². The lowest BCUT2D eigenvalue weighted by atomic mass is 10.1. The molecule has 0 aliphatic carbocycles. The van der Waals surface area contributed by atoms with E-state index in [1.165, 1.54) is 0 Å². The lowest BCUT2D eigenvalue weighted by Crippen LogP contribution is -2.45. The molecule has 0 fully saturated rings. The highest BCUT2D eigenvalue weighted by Crippen LogP contribution is 2.24. The van der Waals surface area contributed by atoms with Crippen molar-refractivity contribution in [3.05, 3.63) is 58.6 Å². The first-order chi connectivity index (χ1) is 12.1. The summed E-state index contributed by atoms with van der Waals surface area (Å²) < 4.78 is 25.8. The Balaban J connectivity index is 2.32. The molecule has 2 aromatic rings. The fourth-order valence-electron chi connectivity index (χ4n) is 2.65. The molecule has 0 aliphatic heterocycles. The van der Waals surface area contributed by atoms with Crippen molar-refractivity contribution in [2.24, 2.45) is 0 Å². The minimum Gasteiger partial charge on any atom is -0.324 e. The molecule has 0 spiro atoms. The van der Waals surface area contributed by atoms with Crippen LogP contribution in [0.5, 0.6) is 0 Å². The van der Waals surface area contributed by atoms with Gasteiger partial charge in [-0.3, -0.25) is 9.10 Å². The number of carbonyl (C=O) groups is 1. The second-order valence-corrected chi connectivity index (χ2v) is 8.50. The van der Waals surface area contributed by atoms with Crippen LogP contribution in [-0.4, -0.2) is 26.6 Å². The smallest absolute Gasteiger partial charge is 0.248 e. The Bertz CT molecular complexity index is 896. The molecule has 1 amide bonds. The van der Waals surface area contributed by atoms with E-state index in [-0.39, 0.29) is 0 Å². The number of nitrogens with one attached hydrogen (secondary N) is 1. The van der Waals surface area contributed by atoms with Gasteiger partial charge in [-0.1, -0.05) is 36.7 Å². The third-order valence-corrected chi connectivity index (χ3v) is 5.62. The van der Waals surface area contributed by atoms with Gasteiger partial charge >= 0.3 is 0 Å². The minimum atomic E-state index is -3.65. The van der Waals surface area contributed by atoms with Crippen LogP contribution in [0.15, 0.2) is 42.5 Å². The van der Waals surface area contributed by atoms with Gasteiger partial charge in [-0.2, -0.15) is 0 Å². The van der Waals surface area contributed by atoms with Crippen LogP contribution in [0.2, 0.25) is 5.02 Å². The Morgan fingerprint density at radius 1 is 1.19 bits per heavy atom. The predicted molar refractivity (Wildman–Crippen MR) is 107 cm³/mol. The lowest BCUT2D eigenvalue weighted by molar-refractivity contribution is -0.116. The Kier molecular flexibility index (Phi) is 6.31. The molecular formula is C19H23ClN2O3S. The van der Waals surface area contributed by atoms with E-state index in [2.05, 4.69) is 5.32 Å². The molecule has 0 aromatic heterocycles. The van der Waals surface area contributed by atoms with E-state index in [1.54, 1.807) is 37.3 Å². The molecule has 0 radical (unpaired) electrons. The quantitative estimate of drug-likeness (QED) is 0.805. The Hall–Kier alpha value is -2.05. The van der Waals surface area contributed by atoms with Crippen LogP contribution in [0.4, 0.5) is 11.4 Å². The minimum absolute atomic E-state index is 0.430. The fourth-order valence-corrected chi connectivity index (χ4v) is 4.00. The predicted octanol–water partition coefficient (Wildman–Crippen LogP) is 4.00. The van der Waals surface area contributed by atoms with Crippen molar-refractivity contribution in [1.82, 2.24) is 0 Å². The Morgan fingerprint density at radius 2 is 1.81 bits per heavy atom. The molecule has 1 N–H and O–H groups in total. The number of aryl methyl sites for hydroxylation is 2. The van der Waals surface area contributed by atoms with E-state index in [0.29, 0.717) is 16.4 Å². The summed E-state index contributed by atoms with van der Waals surface area (Å²) in [5, 5.41) is 3.26. The van der Waals surface area contributed by atoms with E-state index in [9.17, 15) is 13.2 Å². The maximum Gasteiger partial charge on any atom is 0.248 e. The van der Waals surface area contributed by atoms with E-state index >= 15 is 0 Å². The van der Waals surface area contributed by atoms with Crippen LogP contribution >= 0.6 is 11.6 Å². The zero-order valence-electron chi connectivity index (χ0n) is 15.3. The highest BCUT2D eigenvalue weighted by Gasteiger charge is 2.29. The molecule has 0 saturated heterocycles. The van der Waals surface area contributed by atoms with Crippen molar-refractivity contribution >= 4 is 38.9 Å². The van der Waals surface area contributed by atoms with Crippen LogP contribution in [0.1, 0.15) is 25.0 Å². The van der Waals surface area contributed by atoms with Crippen molar-refractivity contribution in [1.29, 1.82) is 0 Å². The lowest BCUT2D eigenvalue weighted by Gasteiger charge is -2.28. The van der Waals surface area contributed by atoms with E-state index in [0.717, 1.165) is 28.1 Å². The second-order valence-electron chi connectivity index (χ2n) is 6.20. The van der Waals surface area contributed by atoms with Crippen LogP contribution in [0.25, 0.3) is 0 Å². The van der Waals surface area contributed by atoms with Gasteiger partial charge in [-0.15, -0.1) is 0 Å². The van der Waals surface area contributed by atoms with Crippen molar-refractivity contribution in [3.63, 3.8) is 0 Å². The maximum absolute atomic E-state index is 12.7. The summed E-state index contributed by atoms with van der Waals surface area (Å²) in [4.78, 5) is 12.7. The van der Waals surface area contributed by atoms with Gasteiger partial charge in [0.05, 0.1) is 11.9 Å². The molecule has 2 rings (SSSR count). The third kappa shape index (κ3) is 4.77. The van der Waals surface area contributed by atoms with E-state index in [1.807, 2.05) is 26.0 Å². The zero-order valence-corrected chi connectivity index (χ0v) is 16.9. The van der Waals surface area contributed by atoms with Gasteiger partial charge in [-0.05, 0) is 55.7 Å². The molecule has 0 heterocycles. The summed E-state index contributed by atoms with van der Waals surface area (Å²) >= 11 is 5.98. The molecule has 7 heteroatoms. The molecule has 0 saturated carbocycles. The van der Waals surface area contributed by atoms with Crippen molar-refractivity contribution in [3.8, 4) is 0 Å². The van der Waals surface area contributed by atoms with Gasteiger partial charge < -0.3 is 5.32 Å². The number of rotatable bonds is 6. The van der Waals surface area contributed by atoms with E-state index in [4.69, 9.17) is 11.6 Å². The van der Waals surface area contributed by atoms with Gasteiger partial charge in [0, 0.05) is 10.7 Å². The largest absolute Gasteiger partial charge is 0.324 e. The van der Waals surface area contributed by atoms with Gasteiger partial charge in [0.2, 0.25) is 15.9 Å². The number of nitrogens with zero attached hydrogens (tertiary/aromatic N) is 1. The molecule has 0 bridgehead atoms. The van der Waals surface area contributed by atoms with Gasteiger partial charge in [-0.25, -0.2) is 8.42 Å². The van der Waals surface area contributed by atoms with E-state index < -0.39 is 22.0 Å². The normalized spacial score (nSPS) is 12.5. The Morgan fingerprint density at radius 3 is 2.35 bits per heavy atom. The molecule has 0 unspecified atom stereocenters. The average molecular weight is 395 g/mol. The first-order valence-corrected chi connectivity index (χ1v) is 10.5. The number of carbonyl (C=O) groups excluding carboxylic acids is 1. The number of benzene rings is 2.